The lowest BCUT2D eigenvalue weighted by Gasteiger charge is -2.40. The summed E-state index contributed by atoms with van der Waals surface area (Å²) in [6.07, 6.45) is 0. The van der Waals surface area contributed by atoms with Crippen molar-refractivity contribution in [2.75, 3.05) is 9.80 Å². The van der Waals surface area contributed by atoms with Gasteiger partial charge in [0.15, 0.2) is 4.90 Å². The lowest BCUT2D eigenvalue weighted by atomic mass is 10.1. The number of nitro groups is 2. The maximum absolute atomic E-state index is 13.2. The average molecular weight is 789 g/mol. The SMILES string of the molecule is O=C1c2ccccc2C(=O)N1c1cc(S(F)(F)(F)(F)F)ccc1[N+](=O)[O-].O=C1c2ccccc2C(=O)N1c1ccc([N+](=O)[O-])c(S(F)(F)(F)(F)F)c1. The van der Waals surface area contributed by atoms with Crippen LogP contribution in [0.15, 0.2) is 94.7 Å². The van der Waals surface area contributed by atoms with Crippen LogP contribution >= 0.6 is 20.4 Å². The zero-order chi connectivity index (χ0) is 39.1. The summed E-state index contributed by atoms with van der Waals surface area (Å²) in [4.78, 5) is 63.3. The smallest absolute Gasteiger partial charge is 0.268 e. The molecule has 0 aliphatic carbocycles. The monoisotopic (exact) mass is 788 g/mol. The van der Waals surface area contributed by atoms with Crippen molar-refractivity contribution < 1.29 is 67.9 Å². The van der Waals surface area contributed by atoms with Crippen LogP contribution < -0.4 is 9.80 Å². The van der Waals surface area contributed by atoms with E-state index in [4.69, 9.17) is 0 Å². The molecule has 2 aliphatic heterocycles. The molecule has 0 fully saturated rings. The molecule has 0 atom stereocenters. The van der Waals surface area contributed by atoms with Crippen molar-refractivity contribution in [2.45, 2.75) is 9.79 Å². The maximum Gasteiger partial charge on any atom is 0.316 e. The fraction of sp³-hybridized carbons (Fsp3) is 0. The van der Waals surface area contributed by atoms with Gasteiger partial charge in [-0.2, -0.15) is 0 Å². The molecule has 4 aromatic rings. The molecule has 276 valence electrons. The van der Waals surface area contributed by atoms with Crippen molar-refractivity contribution in [2.24, 2.45) is 0 Å². The van der Waals surface area contributed by atoms with Gasteiger partial charge in [0.1, 0.15) is 10.6 Å². The number of fused-ring (bicyclic) bond motifs is 2. The van der Waals surface area contributed by atoms with Crippen molar-refractivity contribution in [3.8, 4) is 0 Å². The molecule has 0 aromatic heterocycles. The predicted molar refractivity (Wildman–Crippen MR) is 164 cm³/mol. The molecule has 52 heavy (non-hydrogen) atoms. The highest BCUT2D eigenvalue weighted by Gasteiger charge is 2.69. The van der Waals surface area contributed by atoms with E-state index >= 15 is 0 Å². The number of hydrogen-bond acceptors (Lipinski definition) is 8. The van der Waals surface area contributed by atoms with Gasteiger partial charge in [-0.1, -0.05) is 63.1 Å². The van der Waals surface area contributed by atoms with Crippen LogP contribution in [-0.2, 0) is 0 Å². The van der Waals surface area contributed by atoms with Crippen LogP contribution in [-0.4, -0.2) is 33.5 Å². The molecule has 0 saturated heterocycles. The number of carbonyl (C=O) groups is 4. The van der Waals surface area contributed by atoms with E-state index in [0.29, 0.717) is 6.07 Å². The first kappa shape index (κ1) is 37.2. The van der Waals surface area contributed by atoms with E-state index in [1.54, 1.807) is 0 Å². The number of imide groups is 2. The van der Waals surface area contributed by atoms with E-state index in [1.807, 2.05) is 0 Å². The molecule has 4 aromatic carbocycles. The minimum atomic E-state index is -10.5. The highest BCUT2D eigenvalue weighted by Crippen LogP contribution is 3.03. The van der Waals surface area contributed by atoms with Gasteiger partial charge < -0.3 is 0 Å². The first-order valence-corrected chi connectivity index (χ1v) is 17.3. The topological polar surface area (TPSA) is 161 Å². The molecule has 0 saturated carbocycles. The van der Waals surface area contributed by atoms with Gasteiger partial charge in [-0.25, -0.2) is 9.80 Å². The quantitative estimate of drug-likeness (QED) is 0.0807. The molecule has 4 amide bonds. The van der Waals surface area contributed by atoms with Crippen molar-refractivity contribution in [3.05, 3.63) is 127 Å². The van der Waals surface area contributed by atoms with Gasteiger partial charge in [-0.05, 0) is 48.5 Å². The molecule has 6 rings (SSSR count). The molecule has 0 spiro atoms. The summed E-state index contributed by atoms with van der Waals surface area (Å²) in [6, 6.07) is 10.8. The number of nitro benzene ring substituents is 2. The number of rotatable bonds is 6. The Morgan fingerprint density at radius 2 is 0.865 bits per heavy atom. The fourth-order valence-corrected chi connectivity index (χ4v) is 6.55. The number of nitrogens with zero attached hydrogens (tertiary/aromatic N) is 4. The molecule has 12 nitrogen and oxygen atoms in total. The summed E-state index contributed by atoms with van der Waals surface area (Å²) in [5.41, 5.74) is -5.63. The van der Waals surface area contributed by atoms with Gasteiger partial charge in [-0.3, -0.25) is 39.4 Å². The van der Waals surface area contributed by atoms with Crippen LogP contribution in [0.2, 0.25) is 0 Å². The van der Waals surface area contributed by atoms with Crippen molar-refractivity contribution in [1.82, 2.24) is 0 Å². The number of anilines is 2. The average Bonchev–Trinajstić information content (AvgIpc) is 3.42. The fourth-order valence-electron chi connectivity index (χ4n) is 5.01. The van der Waals surface area contributed by atoms with E-state index in [1.165, 1.54) is 48.5 Å². The second-order valence-electron chi connectivity index (χ2n) is 10.7. The third-order valence-corrected chi connectivity index (χ3v) is 9.53. The van der Waals surface area contributed by atoms with Gasteiger partial charge in [0.2, 0.25) is 0 Å². The van der Waals surface area contributed by atoms with Crippen LogP contribution in [0.25, 0.3) is 0 Å². The molecule has 24 heteroatoms. The van der Waals surface area contributed by atoms with Crippen molar-refractivity contribution in [1.29, 1.82) is 0 Å². The Hall–Kier alpha value is -6.04. The predicted octanol–water partition coefficient (Wildman–Crippen LogP) is 10.1. The second kappa shape index (κ2) is 10.3. The van der Waals surface area contributed by atoms with Crippen LogP contribution in [0.4, 0.5) is 61.6 Å². The summed E-state index contributed by atoms with van der Waals surface area (Å²) in [5.74, 6) is -4.33. The lowest BCUT2D eigenvalue weighted by Crippen LogP contribution is -2.30. The Morgan fingerprint density at radius 3 is 1.23 bits per heavy atom. The second-order valence-corrected chi connectivity index (χ2v) is 15.5. The highest BCUT2D eigenvalue weighted by atomic mass is 32.5. The van der Waals surface area contributed by atoms with Gasteiger partial charge in [0.05, 0.1) is 37.8 Å². The third-order valence-electron chi connectivity index (χ3n) is 7.23. The molecule has 0 radical (unpaired) electrons. The molecular formula is C28H14F10N4O8S2. The minimum absolute atomic E-state index is 0.0931. The van der Waals surface area contributed by atoms with Gasteiger partial charge in [-0.15, -0.1) is 0 Å². The van der Waals surface area contributed by atoms with Crippen LogP contribution in [0.5, 0.6) is 0 Å². The van der Waals surface area contributed by atoms with Crippen molar-refractivity contribution >= 4 is 66.8 Å². The standard InChI is InChI=1S/2C14H7F5N2O4S/c15-26(16,17,18,19)8-5-6-11(21(24)25)12(7-8)20-13(22)9-3-1-2-4-10(9)14(20)23;15-26(16,17,18,19)12-7-8(5-6-11(12)21(24)25)20-13(22)9-3-1-2-4-10(9)14(20)23/h2*1-7H. The zero-order valence-corrected chi connectivity index (χ0v) is 26.4. The number of benzene rings is 4. The molecular weight excluding hydrogens is 774 g/mol. The highest BCUT2D eigenvalue weighted by molar-refractivity contribution is 8.46. The Balaban J connectivity index is 0.000000201. The maximum atomic E-state index is 13.2. The van der Waals surface area contributed by atoms with Gasteiger partial charge >= 0.3 is 20.4 Å². The normalized spacial score (nSPS) is 16.9. The molecule has 0 bridgehead atoms. The number of amides is 4. The van der Waals surface area contributed by atoms with E-state index in [9.17, 15) is 78.3 Å². The Bertz CT molecular complexity index is 2270. The molecule has 0 N–H and O–H groups in total. The van der Waals surface area contributed by atoms with Crippen LogP contribution in [0.1, 0.15) is 41.4 Å². The minimum Gasteiger partial charge on any atom is -0.268 e. The summed E-state index contributed by atoms with van der Waals surface area (Å²) in [6.45, 7) is 0. The summed E-state index contributed by atoms with van der Waals surface area (Å²) < 4.78 is 131. The number of halogens is 10. The number of carbonyl (C=O) groups excluding carboxylic acids is 4. The first-order valence-electron chi connectivity index (χ1n) is 13.4. The van der Waals surface area contributed by atoms with E-state index in [-0.39, 0.29) is 62.4 Å². The lowest BCUT2D eigenvalue weighted by molar-refractivity contribution is -0.388. The zero-order valence-electron chi connectivity index (χ0n) is 24.7. The van der Waals surface area contributed by atoms with Gasteiger partial charge in [0, 0.05) is 12.1 Å². The Labute approximate surface area is 281 Å². The summed E-state index contributed by atoms with van der Waals surface area (Å²) in [7, 11) is -20.7. The molecule has 2 aliphatic rings. The molecule has 2 heterocycles. The van der Waals surface area contributed by atoms with Crippen molar-refractivity contribution in [3.63, 3.8) is 0 Å². The molecule has 0 unspecified atom stereocenters. The van der Waals surface area contributed by atoms with Crippen LogP contribution in [0, 0.1) is 20.2 Å². The van der Waals surface area contributed by atoms with E-state index in [2.05, 4.69) is 0 Å². The Kier molecular flexibility index (Phi) is 7.35. The van der Waals surface area contributed by atoms with E-state index < -0.39 is 86.5 Å². The van der Waals surface area contributed by atoms with E-state index in [0.717, 1.165) is 0 Å². The number of hydrogen-bond donors (Lipinski definition) is 0. The summed E-state index contributed by atoms with van der Waals surface area (Å²) in [5, 5.41) is 21.8. The summed E-state index contributed by atoms with van der Waals surface area (Å²) >= 11 is 0. The first-order chi connectivity index (χ1) is 23.4. The van der Waals surface area contributed by atoms with Gasteiger partial charge in [0.25, 0.3) is 35.0 Å². The van der Waals surface area contributed by atoms with Crippen LogP contribution in [0.3, 0.4) is 0 Å². The third kappa shape index (κ3) is 6.71. The Morgan fingerprint density at radius 1 is 0.481 bits per heavy atom. The largest absolute Gasteiger partial charge is 0.316 e.